The first kappa shape index (κ1) is 13.2. The van der Waals surface area contributed by atoms with E-state index in [0.29, 0.717) is 12.1 Å². The van der Waals surface area contributed by atoms with Gasteiger partial charge in [0.15, 0.2) is 0 Å². The van der Waals surface area contributed by atoms with Gasteiger partial charge in [-0.2, -0.15) is 5.10 Å². The van der Waals surface area contributed by atoms with E-state index in [2.05, 4.69) is 30.5 Å². The lowest BCUT2D eigenvalue weighted by atomic mass is 10.0. The number of ether oxygens (including phenoxy) is 1. The van der Waals surface area contributed by atoms with Gasteiger partial charge in [-0.15, -0.1) is 0 Å². The number of methoxy groups -OCH3 is 1. The molecule has 16 heavy (non-hydrogen) atoms. The van der Waals surface area contributed by atoms with E-state index in [1.54, 1.807) is 7.11 Å². The van der Waals surface area contributed by atoms with E-state index in [0.717, 1.165) is 19.4 Å². The maximum absolute atomic E-state index is 5.27. The Hall–Kier alpha value is -0.870. The molecule has 92 valence electrons. The largest absolute Gasteiger partial charge is 0.382 e. The van der Waals surface area contributed by atoms with Crippen molar-refractivity contribution in [3.63, 3.8) is 0 Å². The normalized spacial score (nSPS) is 15.0. The van der Waals surface area contributed by atoms with Crippen molar-refractivity contribution in [1.82, 2.24) is 15.1 Å². The molecule has 1 heterocycles. The summed E-state index contributed by atoms with van der Waals surface area (Å²) in [4.78, 5) is 0. The molecule has 0 fully saturated rings. The third kappa shape index (κ3) is 3.94. The summed E-state index contributed by atoms with van der Waals surface area (Å²) in [5.41, 5.74) is 1.26. The Bertz CT molecular complexity index is 298. The number of hydrogen-bond acceptors (Lipinski definition) is 3. The van der Waals surface area contributed by atoms with Gasteiger partial charge >= 0.3 is 0 Å². The summed E-state index contributed by atoms with van der Waals surface area (Å²) in [6, 6.07) is 0.385. The predicted octanol–water partition coefficient (Wildman–Crippen LogP) is 1.89. The fourth-order valence-corrected chi connectivity index (χ4v) is 1.77. The molecule has 1 rings (SSSR count). The first-order chi connectivity index (χ1) is 7.67. The molecule has 0 aliphatic heterocycles. The van der Waals surface area contributed by atoms with Crippen LogP contribution in [0.25, 0.3) is 0 Å². The molecule has 0 radical (unpaired) electrons. The third-order valence-electron chi connectivity index (χ3n) is 2.84. The van der Waals surface area contributed by atoms with Gasteiger partial charge in [0.1, 0.15) is 0 Å². The van der Waals surface area contributed by atoms with Crippen molar-refractivity contribution in [2.45, 2.75) is 38.8 Å². The highest BCUT2D eigenvalue weighted by molar-refractivity contribution is 5.10. The lowest BCUT2D eigenvalue weighted by Gasteiger charge is -2.18. The average molecular weight is 225 g/mol. The van der Waals surface area contributed by atoms with Crippen molar-refractivity contribution in [1.29, 1.82) is 0 Å². The molecule has 2 atom stereocenters. The first-order valence-electron chi connectivity index (χ1n) is 5.92. The second-order valence-electron chi connectivity index (χ2n) is 4.18. The zero-order valence-corrected chi connectivity index (χ0v) is 10.7. The number of nitrogens with one attached hydrogen (secondary N) is 1. The van der Waals surface area contributed by atoms with Crippen molar-refractivity contribution in [3.8, 4) is 0 Å². The maximum Gasteiger partial charge on any atom is 0.0543 e. The minimum atomic E-state index is 0.317. The number of rotatable bonds is 7. The standard InChI is InChI=1S/C12H23N3O/c1-5-13-12(7-6-10(2)16-4)11-8-14-15(3)9-11/h8-10,12-13H,5-7H2,1-4H3. The molecule has 4 nitrogen and oxygen atoms in total. The van der Waals surface area contributed by atoms with Gasteiger partial charge in [0, 0.05) is 32.0 Å². The van der Waals surface area contributed by atoms with E-state index < -0.39 is 0 Å². The SMILES string of the molecule is CCNC(CCC(C)OC)c1cnn(C)c1. The van der Waals surface area contributed by atoms with Crippen LogP contribution in [0.2, 0.25) is 0 Å². The first-order valence-corrected chi connectivity index (χ1v) is 5.92. The summed E-state index contributed by atoms with van der Waals surface area (Å²) in [5, 5.41) is 7.70. The molecule has 1 N–H and O–H groups in total. The summed E-state index contributed by atoms with van der Waals surface area (Å²) in [7, 11) is 3.71. The molecule has 0 saturated carbocycles. The fraction of sp³-hybridized carbons (Fsp3) is 0.750. The Balaban J connectivity index is 2.53. The van der Waals surface area contributed by atoms with Gasteiger partial charge in [0.2, 0.25) is 0 Å². The van der Waals surface area contributed by atoms with Crippen molar-refractivity contribution in [3.05, 3.63) is 18.0 Å². The van der Waals surface area contributed by atoms with Crippen LogP contribution in [0, 0.1) is 0 Å². The van der Waals surface area contributed by atoms with E-state index in [1.807, 2.05) is 17.9 Å². The number of aryl methyl sites for hydroxylation is 1. The molecular formula is C12H23N3O. The summed E-state index contributed by atoms with van der Waals surface area (Å²) in [6.07, 6.45) is 6.46. The van der Waals surface area contributed by atoms with E-state index >= 15 is 0 Å². The zero-order chi connectivity index (χ0) is 12.0. The Morgan fingerprint density at radius 3 is 2.75 bits per heavy atom. The molecule has 2 unspecified atom stereocenters. The molecule has 0 bridgehead atoms. The summed E-state index contributed by atoms with van der Waals surface area (Å²) in [6.45, 7) is 5.20. The minimum absolute atomic E-state index is 0.317. The lowest BCUT2D eigenvalue weighted by molar-refractivity contribution is 0.106. The third-order valence-corrected chi connectivity index (χ3v) is 2.84. The van der Waals surface area contributed by atoms with Gasteiger partial charge in [0.05, 0.1) is 12.3 Å². The van der Waals surface area contributed by atoms with Crippen LogP contribution in [-0.2, 0) is 11.8 Å². The number of nitrogens with zero attached hydrogens (tertiary/aromatic N) is 2. The van der Waals surface area contributed by atoms with Crippen molar-refractivity contribution >= 4 is 0 Å². The van der Waals surface area contributed by atoms with Gasteiger partial charge in [0.25, 0.3) is 0 Å². The van der Waals surface area contributed by atoms with Crippen LogP contribution in [0.15, 0.2) is 12.4 Å². The highest BCUT2D eigenvalue weighted by Crippen LogP contribution is 2.19. The van der Waals surface area contributed by atoms with Crippen molar-refractivity contribution < 1.29 is 4.74 Å². The van der Waals surface area contributed by atoms with Crippen LogP contribution in [-0.4, -0.2) is 29.5 Å². The topological polar surface area (TPSA) is 39.1 Å². The molecule has 0 aliphatic rings. The highest BCUT2D eigenvalue weighted by Gasteiger charge is 2.13. The average Bonchev–Trinajstić information content (AvgIpc) is 2.70. The molecule has 0 spiro atoms. The molecule has 1 aromatic heterocycles. The molecule has 0 aromatic carbocycles. The van der Waals surface area contributed by atoms with E-state index in [-0.39, 0.29) is 0 Å². The van der Waals surface area contributed by atoms with E-state index in [1.165, 1.54) is 5.56 Å². The van der Waals surface area contributed by atoms with Crippen LogP contribution >= 0.6 is 0 Å². The highest BCUT2D eigenvalue weighted by atomic mass is 16.5. The Kier molecular flexibility index (Phi) is 5.49. The van der Waals surface area contributed by atoms with Gasteiger partial charge in [-0.25, -0.2) is 0 Å². The fourth-order valence-electron chi connectivity index (χ4n) is 1.77. The van der Waals surface area contributed by atoms with Gasteiger partial charge in [-0.05, 0) is 26.3 Å². The number of aromatic nitrogens is 2. The molecule has 0 aliphatic carbocycles. The van der Waals surface area contributed by atoms with Crippen LogP contribution in [0.3, 0.4) is 0 Å². The quantitative estimate of drug-likeness (QED) is 0.770. The van der Waals surface area contributed by atoms with Crippen LogP contribution in [0.1, 0.15) is 38.3 Å². The predicted molar refractivity (Wildman–Crippen MR) is 65.3 cm³/mol. The Labute approximate surface area is 98.0 Å². The summed E-state index contributed by atoms with van der Waals surface area (Å²) >= 11 is 0. The molecule has 0 saturated heterocycles. The van der Waals surface area contributed by atoms with Crippen LogP contribution < -0.4 is 5.32 Å². The van der Waals surface area contributed by atoms with Crippen molar-refractivity contribution in [2.24, 2.45) is 7.05 Å². The summed E-state index contributed by atoms with van der Waals surface area (Å²) < 4.78 is 7.12. The molecule has 4 heteroatoms. The van der Waals surface area contributed by atoms with Crippen molar-refractivity contribution in [2.75, 3.05) is 13.7 Å². The molecular weight excluding hydrogens is 202 g/mol. The zero-order valence-electron chi connectivity index (χ0n) is 10.7. The minimum Gasteiger partial charge on any atom is -0.382 e. The maximum atomic E-state index is 5.27. The molecule has 1 aromatic rings. The van der Waals surface area contributed by atoms with Gasteiger partial charge in [-0.3, -0.25) is 4.68 Å². The smallest absolute Gasteiger partial charge is 0.0543 e. The number of hydrogen-bond donors (Lipinski definition) is 1. The molecule has 0 amide bonds. The van der Waals surface area contributed by atoms with E-state index in [4.69, 9.17) is 4.74 Å². The van der Waals surface area contributed by atoms with Crippen LogP contribution in [0.4, 0.5) is 0 Å². The van der Waals surface area contributed by atoms with E-state index in [9.17, 15) is 0 Å². The van der Waals surface area contributed by atoms with Gasteiger partial charge in [-0.1, -0.05) is 6.92 Å². The Morgan fingerprint density at radius 1 is 1.50 bits per heavy atom. The second-order valence-corrected chi connectivity index (χ2v) is 4.18. The second kappa shape index (κ2) is 6.66. The summed E-state index contributed by atoms with van der Waals surface area (Å²) in [5.74, 6) is 0. The monoisotopic (exact) mass is 225 g/mol. The van der Waals surface area contributed by atoms with Crippen LogP contribution in [0.5, 0.6) is 0 Å². The van der Waals surface area contributed by atoms with Gasteiger partial charge < -0.3 is 10.1 Å². The Morgan fingerprint density at radius 2 is 2.25 bits per heavy atom. The lowest BCUT2D eigenvalue weighted by Crippen LogP contribution is -2.22.